The van der Waals surface area contributed by atoms with Crippen LogP contribution >= 0.6 is 0 Å². The number of morpholine rings is 1. The molecule has 178 valence electrons. The van der Waals surface area contributed by atoms with Gasteiger partial charge in [0.05, 0.1) is 18.8 Å². The van der Waals surface area contributed by atoms with E-state index in [0.717, 1.165) is 24.2 Å². The molecule has 1 aliphatic rings. The predicted molar refractivity (Wildman–Crippen MR) is 124 cm³/mol. The quantitative estimate of drug-likeness (QED) is 0.522. The van der Waals surface area contributed by atoms with Crippen LogP contribution in [0.4, 0.5) is 20.4 Å². The van der Waals surface area contributed by atoms with E-state index >= 15 is 0 Å². The second-order valence-electron chi connectivity index (χ2n) is 7.55. The number of rotatable bonds is 8. The first-order valence-electron chi connectivity index (χ1n) is 10.8. The molecule has 1 aromatic heterocycles. The molecule has 0 atom stereocenters. The van der Waals surface area contributed by atoms with Gasteiger partial charge in [0.25, 0.3) is 5.91 Å². The van der Waals surface area contributed by atoms with Gasteiger partial charge < -0.3 is 25.0 Å². The minimum atomic E-state index is -2.92. The van der Waals surface area contributed by atoms with E-state index in [0.29, 0.717) is 36.0 Å². The minimum Gasteiger partial charge on any atom is -0.434 e. The number of anilines is 2. The third-order valence-electron chi connectivity index (χ3n) is 5.41. The van der Waals surface area contributed by atoms with Gasteiger partial charge in [-0.15, -0.1) is 0 Å². The summed E-state index contributed by atoms with van der Waals surface area (Å²) in [6, 6.07) is 11.9. The molecule has 0 radical (unpaired) electrons. The molecule has 2 heterocycles. The standard InChI is InChI=1S/C24H25F2N5O3/c1-27-22(32)19-7-6-16(18-14-29-24(30-15-18)31-8-10-33-11-9-31)12-20(19)28-13-17-4-2-3-5-21(17)34-23(25)26/h2-7,12,14-15,23,28H,8-11,13H2,1H3,(H,27,32). The average molecular weight is 469 g/mol. The Balaban J connectivity index is 1.58. The van der Waals surface area contributed by atoms with Crippen molar-refractivity contribution in [1.82, 2.24) is 15.3 Å². The highest BCUT2D eigenvalue weighted by Crippen LogP contribution is 2.28. The summed E-state index contributed by atoms with van der Waals surface area (Å²) in [4.78, 5) is 23.4. The summed E-state index contributed by atoms with van der Waals surface area (Å²) in [6.45, 7) is 0.0316. The first-order chi connectivity index (χ1) is 16.5. The van der Waals surface area contributed by atoms with Crippen LogP contribution in [-0.4, -0.2) is 55.8 Å². The molecule has 0 aliphatic carbocycles. The summed E-state index contributed by atoms with van der Waals surface area (Å²) in [6.07, 6.45) is 3.48. The molecule has 8 nitrogen and oxygen atoms in total. The number of nitrogens with one attached hydrogen (secondary N) is 2. The number of benzene rings is 2. The summed E-state index contributed by atoms with van der Waals surface area (Å²) in [5, 5.41) is 5.80. The van der Waals surface area contributed by atoms with Crippen molar-refractivity contribution in [2.75, 3.05) is 43.6 Å². The van der Waals surface area contributed by atoms with Gasteiger partial charge in [0.2, 0.25) is 5.95 Å². The third-order valence-corrected chi connectivity index (χ3v) is 5.41. The third kappa shape index (κ3) is 5.57. The maximum atomic E-state index is 12.8. The van der Waals surface area contributed by atoms with E-state index in [1.165, 1.54) is 6.07 Å². The van der Waals surface area contributed by atoms with Crippen LogP contribution in [-0.2, 0) is 11.3 Å². The van der Waals surface area contributed by atoms with E-state index in [4.69, 9.17) is 4.74 Å². The number of hydrogen-bond acceptors (Lipinski definition) is 7. The number of nitrogens with zero attached hydrogens (tertiary/aromatic N) is 3. The number of para-hydroxylation sites is 1. The van der Waals surface area contributed by atoms with Gasteiger partial charge in [-0.3, -0.25) is 4.79 Å². The summed E-state index contributed by atoms with van der Waals surface area (Å²) in [5.41, 5.74) is 3.09. The summed E-state index contributed by atoms with van der Waals surface area (Å²) >= 11 is 0. The van der Waals surface area contributed by atoms with E-state index in [2.05, 4.69) is 30.2 Å². The number of alkyl halides is 2. The molecule has 1 fully saturated rings. The van der Waals surface area contributed by atoms with Crippen molar-refractivity contribution < 1.29 is 23.0 Å². The van der Waals surface area contributed by atoms with E-state index < -0.39 is 6.61 Å². The first kappa shape index (κ1) is 23.4. The van der Waals surface area contributed by atoms with Crippen molar-refractivity contribution >= 4 is 17.5 Å². The van der Waals surface area contributed by atoms with Crippen molar-refractivity contribution in [2.24, 2.45) is 0 Å². The monoisotopic (exact) mass is 469 g/mol. The summed E-state index contributed by atoms with van der Waals surface area (Å²) in [5.74, 6) is 0.447. The van der Waals surface area contributed by atoms with Crippen LogP contribution in [0.2, 0.25) is 0 Å². The van der Waals surface area contributed by atoms with E-state index in [1.54, 1.807) is 43.7 Å². The molecule has 4 rings (SSSR count). The molecule has 10 heteroatoms. The zero-order chi connectivity index (χ0) is 23.9. The number of aromatic nitrogens is 2. The fraction of sp³-hybridized carbons (Fsp3) is 0.292. The molecule has 34 heavy (non-hydrogen) atoms. The van der Waals surface area contributed by atoms with Gasteiger partial charge >= 0.3 is 6.61 Å². The SMILES string of the molecule is CNC(=O)c1ccc(-c2cnc(N3CCOCC3)nc2)cc1NCc1ccccc1OC(F)F. The molecule has 0 unspecified atom stereocenters. The zero-order valence-corrected chi connectivity index (χ0v) is 18.6. The Morgan fingerprint density at radius 1 is 1.12 bits per heavy atom. The fourth-order valence-corrected chi connectivity index (χ4v) is 3.65. The van der Waals surface area contributed by atoms with Crippen LogP contribution < -0.4 is 20.3 Å². The number of amides is 1. The maximum absolute atomic E-state index is 12.8. The lowest BCUT2D eigenvalue weighted by Gasteiger charge is -2.26. The van der Waals surface area contributed by atoms with Gasteiger partial charge in [-0.25, -0.2) is 9.97 Å². The molecule has 1 saturated heterocycles. The highest BCUT2D eigenvalue weighted by molar-refractivity contribution is 6.00. The Morgan fingerprint density at radius 2 is 1.85 bits per heavy atom. The molecule has 1 amide bonds. The van der Waals surface area contributed by atoms with Crippen LogP contribution in [0.15, 0.2) is 54.9 Å². The van der Waals surface area contributed by atoms with Crippen molar-refractivity contribution in [1.29, 1.82) is 0 Å². The van der Waals surface area contributed by atoms with Crippen LogP contribution in [0, 0.1) is 0 Å². The van der Waals surface area contributed by atoms with E-state index in [1.807, 2.05) is 12.1 Å². The lowest BCUT2D eigenvalue weighted by atomic mass is 10.0. The molecule has 2 N–H and O–H groups in total. The maximum Gasteiger partial charge on any atom is 0.387 e. The minimum absolute atomic E-state index is 0.0785. The van der Waals surface area contributed by atoms with Gasteiger partial charge in [-0.2, -0.15) is 8.78 Å². The van der Waals surface area contributed by atoms with Crippen LogP contribution in [0.3, 0.4) is 0 Å². The van der Waals surface area contributed by atoms with Gasteiger partial charge in [-0.1, -0.05) is 24.3 Å². The van der Waals surface area contributed by atoms with Crippen molar-refractivity contribution in [3.05, 3.63) is 66.0 Å². The highest BCUT2D eigenvalue weighted by atomic mass is 19.3. The van der Waals surface area contributed by atoms with E-state index in [-0.39, 0.29) is 18.2 Å². The van der Waals surface area contributed by atoms with Gasteiger partial charge in [0.1, 0.15) is 5.75 Å². The van der Waals surface area contributed by atoms with Crippen LogP contribution in [0.25, 0.3) is 11.1 Å². The Labute approximate surface area is 195 Å². The van der Waals surface area contributed by atoms with Crippen molar-refractivity contribution in [3.8, 4) is 16.9 Å². The normalized spacial score (nSPS) is 13.6. The Hall–Kier alpha value is -3.79. The number of carbonyl (C=O) groups is 1. The molecular formula is C24H25F2N5O3. The number of hydrogen-bond donors (Lipinski definition) is 2. The molecular weight excluding hydrogens is 444 g/mol. The summed E-state index contributed by atoms with van der Waals surface area (Å²) in [7, 11) is 1.55. The topological polar surface area (TPSA) is 88.6 Å². The Morgan fingerprint density at radius 3 is 2.56 bits per heavy atom. The van der Waals surface area contributed by atoms with Gasteiger partial charge in [0.15, 0.2) is 0 Å². The molecule has 1 aliphatic heterocycles. The number of ether oxygens (including phenoxy) is 2. The van der Waals surface area contributed by atoms with Crippen molar-refractivity contribution in [2.45, 2.75) is 13.2 Å². The molecule has 2 aromatic carbocycles. The Bertz CT molecular complexity index is 1120. The summed E-state index contributed by atoms with van der Waals surface area (Å²) < 4.78 is 35.5. The lowest BCUT2D eigenvalue weighted by Crippen LogP contribution is -2.37. The largest absolute Gasteiger partial charge is 0.434 e. The van der Waals surface area contributed by atoms with Crippen LogP contribution in [0.1, 0.15) is 15.9 Å². The average Bonchev–Trinajstić information content (AvgIpc) is 2.88. The first-order valence-corrected chi connectivity index (χ1v) is 10.8. The predicted octanol–water partition coefficient (Wildman–Crippen LogP) is 3.55. The fourth-order valence-electron chi connectivity index (χ4n) is 3.65. The van der Waals surface area contributed by atoms with Gasteiger partial charge in [0, 0.05) is 55.9 Å². The molecule has 0 bridgehead atoms. The van der Waals surface area contributed by atoms with Crippen molar-refractivity contribution in [3.63, 3.8) is 0 Å². The van der Waals surface area contributed by atoms with Crippen LogP contribution in [0.5, 0.6) is 5.75 Å². The van der Waals surface area contributed by atoms with Gasteiger partial charge in [-0.05, 0) is 23.8 Å². The number of carbonyl (C=O) groups excluding carboxylic acids is 1. The smallest absolute Gasteiger partial charge is 0.387 e. The van der Waals surface area contributed by atoms with E-state index in [9.17, 15) is 13.6 Å². The lowest BCUT2D eigenvalue weighted by molar-refractivity contribution is -0.0504. The number of halogens is 2. The zero-order valence-electron chi connectivity index (χ0n) is 18.6. The highest BCUT2D eigenvalue weighted by Gasteiger charge is 2.16. The molecule has 3 aromatic rings. The second kappa shape index (κ2) is 10.9. The molecule has 0 saturated carbocycles. The second-order valence-corrected chi connectivity index (χ2v) is 7.55. The molecule has 0 spiro atoms. The Kier molecular flexibility index (Phi) is 7.48.